The van der Waals surface area contributed by atoms with Gasteiger partial charge in [0.25, 0.3) is 0 Å². The summed E-state index contributed by atoms with van der Waals surface area (Å²) in [6.45, 7) is -1.41. The Kier molecular flexibility index (Phi) is 19.1. The van der Waals surface area contributed by atoms with Gasteiger partial charge < -0.3 is 130 Å². The van der Waals surface area contributed by atoms with E-state index in [1.165, 1.54) is 0 Å². The molecule has 5 fully saturated rings. The van der Waals surface area contributed by atoms with Crippen LogP contribution in [0, 0.1) is 0 Å². The second-order valence-electron chi connectivity index (χ2n) is 16.2. The predicted octanol–water partition coefficient (Wildman–Crippen LogP) is -11.5. The zero-order chi connectivity index (χ0) is 48.2. The van der Waals surface area contributed by atoms with Gasteiger partial charge in [-0.1, -0.05) is 0 Å². The van der Waals surface area contributed by atoms with Crippen LogP contribution in [0.5, 0.6) is 0 Å². The summed E-state index contributed by atoms with van der Waals surface area (Å²) in [7, 11) is 0. The molecular weight excluding hydrogens is 890 g/mol. The van der Waals surface area contributed by atoms with Crippen molar-refractivity contribution in [3.8, 4) is 0 Å². The molecule has 5 heterocycles. The number of rotatable bonds is 16. The summed E-state index contributed by atoms with van der Waals surface area (Å²) >= 11 is 0. The van der Waals surface area contributed by atoms with Crippen LogP contribution in [0.2, 0.25) is 0 Å². The topological polar surface area (TPSA) is 454 Å². The summed E-state index contributed by atoms with van der Waals surface area (Å²) in [5.41, 5.74) is 0. The third-order valence-corrected chi connectivity index (χ3v) is 11.5. The third kappa shape index (κ3) is 11.9. The Balaban J connectivity index is 1.35. The normalized spacial score (nSPS) is 47.1. The van der Waals surface area contributed by atoms with Crippen LogP contribution in [0.1, 0.15) is 20.8 Å². The molecule has 17 N–H and O–H groups in total. The molecule has 5 aliphatic rings. The lowest BCUT2D eigenvalue weighted by Gasteiger charge is -2.50. The molecule has 0 aromatic rings. The molecule has 0 spiro atoms. The molecule has 376 valence electrons. The fourth-order valence-electron chi connectivity index (χ4n) is 8.24. The van der Waals surface area contributed by atoms with Crippen molar-refractivity contribution in [3.05, 3.63) is 0 Å². The van der Waals surface area contributed by atoms with E-state index in [4.69, 9.17) is 42.6 Å². The molecule has 25 atom stereocenters. The van der Waals surface area contributed by atoms with Gasteiger partial charge in [-0.2, -0.15) is 0 Å². The zero-order valence-electron chi connectivity index (χ0n) is 35.1. The second kappa shape index (κ2) is 23.2. The summed E-state index contributed by atoms with van der Waals surface area (Å²) in [4.78, 5) is 36.3. The van der Waals surface area contributed by atoms with Crippen molar-refractivity contribution in [2.45, 2.75) is 174 Å². The summed E-state index contributed by atoms with van der Waals surface area (Å²) in [6, 6.07) is -4.72. The van der Waals surface area contributed by atoms with Gasteiger partial charge in [-0.05, 0) is 0 Å². The van der Waals surface area contributed by atoms with Crippen molar-refractivity contribution in [2.75, 3.05) is 33.0 Å². The fourth-order valence-corrected chi connectivity index (χ4v) is 8.24. The maximum Gasteiger partial charge on any atom is 0.217 e. The Hall–Kier alpha value is -2.51. The third-order valence-electron chi connectivity index (χ3n) is 11.5. The highest BCUT2D eigenvalue weighted by Crippen LogP contribution is 2.36. The number of nitrogens with one attached hydrogen (secondary N) is 3. The molecule has 65 heavy (non-hydrogen) atoms. The maximum atomic E-state index is 12.4. The quantitative estimate of drug-likeness (QED) is 0.0683. The number of hydrogen-bond donors (Lipinski definition) is 17. The van der Waals surface area contributed by atoms with Crippen molar-refractivity contribution in [2.24, 2.45) is 0 Å². The van der Waals surface area contributed by atoms with Gasteiger partial charge in [0.2, 0.25) is 17.7 Å². The van der Waals surface area contributed by atoms with E-state index in [1.54, 1.807) is 0 Å². The Morgan fingerprint density at radius 2 is 0.723 bits per heavy atom. The molecular formula is C36H61N3O26. The molecule has 0 aliphatic carbocycles. The molecule has 5 saturated heterocycles. The maximum absolute atomic E-state index is 12.4. The fraction of sp³-hybridized carbons (Fsp3) is 0.917. The van der Waals surface area contributed by atoms with E-state index in [2.05, 4.69) is 16.0 Å². The van der Waals surface area contributed by atoms with E-state index in [9.17, 15) is 85.9 Å². The minimum atomic E-state index is -2.16. The molecule has 29 heteroatoms. The van der Waals surface area contributed by atoms with E-state index in [0.29, 0.717) is 0 Å². The number of carbonyl (C=O) groups excluding carboxylic acids is 3. The lowest BCUT2D eigenvalue weighted by atomic mass is 9.94. The van der Waals surface area contributed by atoms with Gasteiger partial charge in [0, 0.05) is 20.8 Å². The van der Waals surface area contributed by atoms with E-state index in [1.807, 2.05) is 0 Å². The Labute approximate surface area is 369 Å². The van der Waals surface area contributed by atoms with E-state index >= 15 is 0 Å². The van der Waals surface area contributed by atoms with Crippen LogP contribution < -0.4 is 16.0 Å². The van der Waals surface area contributed by atoms with Crippen molar-refractivity contribution >= 4 is 17.7 Å². The number of amides is 3. The predicted molar refractivity (Wildman–Crippen MR) is 201 cm³/mol. The molecule has 0 unspecified atom stereocenters. The lowest BCUT2D eigenvalue weighted by Crippen LogP contribution is -2.70. The second-order valence-corrected chi connectivity index (χ2v) is 16.2. The summed E-state index contributed by atoms with van der Waals surface area (Å²) in [5, 5.41) is 157. The standard InChI is InChI=1S/C36H61N3O26/c1-9(45)37-17-23(51)20(48)12(4-40)58-33(17)62-28-15(7-43)60-34(18(24(28)52)38-10(2)46)65-31-22(50)14(6-42)59-36(27(31)55)63-29-16(8-44)61-35(26(54)25(29)53)64-30-19(39-11(3)47)32(56)57-13(5-41)21(30)49/h12-36,40-44,48-56H,4-8H2,1-3H3,(H,37,45)(H,38,46)(H,39,47)/t12-,13-,14-,15-,16-,17-,18-,19-,20+,21+,22+,23-,24-,25-,26-,27-,28+,29+,30-,31+,32+,33+,34+,35+,36+/m1/s1. The first kappa shape index (κ1) is 53.4. The first-order valence-electron chi connectivity index (χ1n) is 20.6. The van der Waals surface area contributed by atoms with E-state index in [-0.39, 0.29) is 0 Å². The van der Waals surface area contributed by atoms with Crippen LogP contribution in [0.3, 0.4) is 0 Å². The van der Waals surface area contributed by atoms with Crippen LogP contribution in [-0.4, -0.2) is 276 Å². The minimum absolute atomic E-state index is 0.709. The highest BCUT2D eigenvalue weighted by molar-refractivity contribution is 5.74. The summed E-state index contributed by atoms with van der Waals surface area (Å²) in [6.07, 6.45) is -40.0. The highest BCUT2D eigenvalue weighted by Gasteiger charge is 2.57. The lowest BCUT2D eigenvalue weighted by molar-refractivity contribution is -0.384. The van der Waals surface area contributed by atoms with E-state index in [0.717, 1.165) is 20.8 Å². The van der Waals surface area contributed by atoms with Crippen molar-refractivity contribution < 1.29 is 129 Å². The zero-order valence-corrected chi connectivity index (χ0v) is 35.1. The van der Waals surface area contributed by atoms with Gasteiger partial charge in [-0.3, -0.25) is 14.4 Å². The monoisotopic (exact) mass is 951 g/mol. The van der Waals surface area contributed by atoms with Gasteiger partial charge in [0.15, 0.2) is 31.5 Å². The van der Waals surface area contributed by atoms with Crippen LogP contribution in [0.4, 0.5) is 0 Å². The Morgan fingerprint density at radius 3 is 1.25 bits per heavy atom. The minimum Gasteiger partial charge on any atom is -0.394 e. The summed E-state index contributed by atoms with van der Waals surface area (Å²) in [5.74, 6) is -2.22. The number of aliphatic hydroxyl groups is 14. The van der Waals surface area contributed by atoms with Crippen LogP contribution in [-0.2, 0) is 57.0 Å². The van der Waals surface area contributed by atoms with Gasteiger partial charge >= 0.3 is 0 Å². The molecule has 0 radical (unpaired) electrons. The van der Waals surface area contributed by atoms with Gasteiger partial charge in [0.1, 0.15) is 122 Å². The average Bonchev–Trinajstić information content (AvgIpc) is 3.26. The highest BCUT2D eigenvalue weighted by atomic mass is 16.8. The molecule has 29 nitrogen and oxygen atoms in total. The summed E-state index contributed by atoms with van der Waals surface area (Å²) < 4.78 is 51.2. The molecule has 0 aromatic carbocycles. The van der Waals surface area contributed by atoms with Crippen molar-refractivity contribution in [1.29, 1.82) is 0 Å². The van der Waals surface area contributed by atoms with Gasteiger partial charge in [0.05, 0.1) is 33.0 Å². The Bertz CT molecular complexity index is 1560. The van der Waals surface area contributed by atoms with Gasteiger partial charge in [-0.25, -0.2) is 0 Å². The SMILES string of the molecule is CC(=O)N[C@@H]1[C@@H](O[C@@H]2O[C@H](CO)[C@H](O[C@@H]3O[C@H](CO)[C@H](O)[C@H](O[C@@H]4O[C@H](CO)[C@H](O[C@@H]5O[C@H](CO)[C@H](O)[C@H](O)[C@H]5NC(C)=O)[C@H](O)[C@H]4NC(C)=O)[C@H]3O)[C@H](O)[C@H]2O)[C@@H](O)[C@@H](CO)O[C@@H]1O. The molecule has 3 amide bonds. The Morgan fingerprint density at radius 1 is 0.369 bits per heavy atom. The van der Waals surface area contributed by atoms with Crippen molar-refractivity contribution in [3.63, 3.8) is 0 Å². The molecule has 0 bridgehead atoms. The first-order chi connectivity index (χ1) is 30.7. The molecule has 5 aliphatic heterocycles. The first-order valence-corrected chi connectivity index (χ1v) is 20.6. The number of hydrogen-bond acceptors (Lipinski definition) is 26. The molecule has 0 aromatic heterocycles. The van der Waals surface area contributed by atoms with Crippen LogP contribution in [0.25, 0.3) is 0 Å². The van der Waals surface area contributed by atoms with Crippen LogP contribution in [0.15, 0.2) is 0 Å². The van der Waals surface area contributed by atoms with Crippen molar-refractivity contribution in [1.82, 2.24) is 16.0 Å². The smallest absolute Gasteiger partial charge is 0.217 e. The number of aliphatic hydroxyl groups excluding tert-OH is 14. The largest absolute Gasteiger partial charge is 0.394 e. The average molecular weight is 952 g/mol. The van der Waals surface area contributed by atoms with E-state index < -0.39 is 204 Å². The number of carbonyl (C=O) groups is 3. The molecule has 0 saturated carbocycles. The number of ether oxygens (including phenoxy) is 9. The van der Waals surface area contributed by atoms with Gasteiger partial charge in [-0.15, -0.1) is 0 Å². The van der Waals surface area contributed by atoms with Crippen LogP contribution >= 0.6 is 0 Å². The molecule has 5 rings (SSSR count).